The van der Waals surface area contributed by atoms with Gasteiger partial charge in [0.1, 0.15) is 23.7 Å². The van der Waals surface area contributed by atoms with Crippen LogP contribution in [0.3, 0.4) is 0 Å². The van der Waals surface area contributed by atoms with Crippen molar-refractivity contribution >= 4 is 5.97 Å². The third kappa shape index (κ3) is 4.95. The van der Waals surface area contributed by atoms with Crippen LogP contribution in [0.4, 0.5) is 8.78 Å². The zero-order chi connectivity index (χ0) is 17.4. The minimum atomic E-state index is -2.84. The minimum absolute atomic E-state index is 0.00719. The van der Waals surface area contributed by atoms with Crippen molar-refractivity contribution in [2.24, 2.45) is 0 Å². The van der Waals surface area contributed by atoms with Gasteiger partial charge in [-0.25, -0.2) is 13.6 Å². The van der Waals surface area contributed by atoms with E-state index in [1.54, 1.807) is 30.3 Å². The van der Waals surface area contributed by atoms with Gasteiger partial charge in [0.15, 0.2) is 0 Å². The van der Waals surface area contributed by atoms with Gasteiger partial charge in [0, 0.05) is 5.56 Å². The lowest BCUT2D eigenvalue weighted by atomic mass is 10.1. The molecule has 0 bridgehead atoms. The van der Waals surface area contributed by atoms with Crippen molar-refractivity contribution in [1.82, 2.24) is 0 Å². The third-order valence-corrected chi connectivity index (χ3v) is 2.81. The molecule has 0 fully saturated rings. The molecule has 2 aromatic rings. The van der Waals surface area contributed by atoms with E-state index in [-0.39, 0.29) is 12.4 Å². The van der Waals surface area contributed by atoms with E-state index in [9.17, 15) is 18.7 Å². The molecule has 0 radical (unpaired) electrons. The lowest BCUT2D eigenvalue weighted by Gasteiger charge is -2.12. The van der Waals surface area contributed by atoms with Gasteiger partial charge >= 0.3 is 5.97 Å². The molecule has 0 saturated heterocycles. The standard InChI is InChI=1S/C15H12F2O4.C2H6/c16-14(17)10-6-11(18)13(15(19)20)12(7-10)21-8-9-4-2-1-3-5-9;1-2/h1-7,14,18H,8H2,(H,19,20);1-2H3. The zero-order valence-corrected chi connectivity index (χ0v) is 12.8. The fraction of sp³-hybridized carbons (Fsp3) is 0.235. The van der Waals surface area contributed by atoms with Crippen LogP contribution in [-0.2, 0) is 6.61 Å². The lowest BCUT2D eigenvalue weighted by Crippen LogP contribution is -2.05. The van der Waals surface area contributed by atoms with Gasteiger partial charge in [-0.05, 0) is 17.7 Å². The topological polar surface area (TPSA) is 66.8 Å². The van der Waals surface area contributed by atoms with Crippen LogP contribution in [0.1, 0.15) is 41.8 Å². The Morgan fingerprint density at radius 1 is 1.17 bits per heavy atom. The summed E-state index contributed by atoms with van der Waals surface area (Å²) in [4.78, 5) is 11.1. The summed E-state index contributed by atoms with van der Waals surface area (Å²) in [6.45, 7) is 4.01. The molecule has 0 aliphatic rings. The van der Waals surface area contributed by atoms with E-state index in [4.69, 9.17) is 9.84 Å². The van der Waals surface area contributed by atoms with Crippen LogP contribution in [0.2, 0.25) is 0 Å². The van der Waals surface area contributed by atoms with Crippen LogP contribution in [0.25, 0.3) is 0 Å². The highest BCUT2D eigenvalue weighted by Gasteiger charge is 2.21. The number of benzene rings is 2. The number of phenols is 1. The number of aromatic hydroxyl groups is 1. The fourth-order valence-electron chi connectivity index (χ4n) is 1.81. The molecule has 124 valence electrons. The summed E-state index contributed by atoms with van der Waals surface area (Å²) in [6, 6.07) is 10.5. The van der Waals surface area contributed by atoms with E-state index in [0.29, 0.717) is 0 Å². The van der Waals surface area contributed by atoms with E-state index >= 15 is 0 Å². The fourth-order valence-corrected chi connectivity index (χ4v) is 1.81. The summed E-state index contributed by atoms with van der Waals surface area (Å²) in [5, 5.41) is 18.6. The first-order valence-electron chi connectivity index (χ1n) is 7.04. The first-order valence-corrected chi connectivity index (χ1v) is 7.04. The summed E-state index contributed by atoms with van der Waals surface area (Å²) in [7, 11) is 0. The number of hydrogen-bond donors (Lipinski definition) is 2. The first-order chi connectivity index (χ1) is 11.0. The molecule has 0 heterocycles. The van der Waals surface area contributed by atoms with Gasteiger partial charge in [0.2, 0.25) is 0 Å². The Labute approximate surface area is 133 Å². The van der Waals surface area contributed by atoms with Crippen molar-refractivity contribution in [2.45, 2.75) is 26.9 Å². The number of hydrogen-bond acceptors (Lipinski definition) is 3. The summed E-state index contributed by atoms with van der Waals surface area (Å²) >= 11 is 0. The van der Waals surface area contributed by atoms with Crippen LogP contribution in [0.5, 0.6) is 11.5 Å². The second kappa shape index (κ2) is 8.73. The van der Waals surface area contributed by atoms with Crippen molar-refractivity contribution in [1.29, 1.82) is 0 Å². The summed E-state index contributed by atoms with van der Waals surface area (Å²) < 4.78 is 30.7. The Morgan fingerprint density at radius 2 is 1.78 bits per heavy atom. The van der Waals surface area contributed by atoms with Crippen molar-refractivity contribution in [3.05, 3.63) is 59.2 Å². The predicted octanol–water partition coefficient (Wildman–Crippen LogP) is 4.63. The van der Waals surface area contributed by atoms with E-state index in [1.807, 2.05) is 13.8 Å². The van der Waals surface area contributed by atoms with E-state index in [2.05, 4.69) is 0 Å². The van der Waals surface area contributed by atoms with Crippen molar-refractivity contribution < 1.29 is 28.5 Å². The summed E-state index contributed by atoms with van der Waals surface area (Å²) in [6.07, 6.45) is -2.84. The minimum Gasteiger partial charge on any atom is -0.507 e. The highest BCUT2D eigenvalue weighted by atomic mass is 19.3. The average Bonchev–Trinajstić information content (AvgIpc) is 2.54. The Morgan fingerprint density at radius 3 is 2.30 bits per heavy atom. The number of ether oxygens (including phenoxy) is 1. The molecule has 0 aliphatic heterocycles. The highest BCUT2D eigenvalue weighted by Crippen LogP contribution is 2.34. The molecule has 0 aromatic heterocycles. The molecule has 0 saturated carbocycles. The van der Waals surface area contributed by atoms with Gasteiger partial charge in [0.05, 0.1) is 0 Å². The quantitative estimate of drug-likeness (QED) is 0.841. The predicted molar refractivity (Wildman–Crippen MR) is 82.1 cm³/mol. The smallest absolute Gasteiger partial charge is 0.343 e. The molecule has 0 spiro atoms. The maximum Gasteiger partial charge on any atom is 0.343 e. The molecule has 0 atom stereocenters. The summed E-state index contributed by atoms with van der Waals surface area (Å²) in [5.41, 5.74) is -0.285. The number of rotatable bonds is 5. The molecule has 23 heavy (non-hydrogen) atoms. The normalized spacial score (nSPS) is 9.96. The van der Waals surface area contributed by atoms with Crippen molar-refractivity contribution in [3.63, 3.8) is 0 Å². The maximum absolute atomic E-state index is 12.7. The molecule has 2 rings (SSSR count). The maximum atomic E-state index is 12.7. The van der Waals surface area contributed by atoms with E-state index in [0.717, 1.165) is 17.7 Å². The van der Waals surface area contributed by atoms with Gasteiger partial charge in [-0.15, -0.1) is 0 Å². The first kappa shape index (κ1) is 18.4. The van der Waals surface area contributed by atoms with Crippen LogP contribution in [-0.4, -0.2) is 16.2 Å². The monoisotopic (exact) mass is 324 g/mol. The van der Waals surface area contributed by atoms with E-state index in [1.165, 1.54) is 0 Å². The Bertz CT molecular complexity index is 643. The Balaban J connectivity index is 0.00000127. The third-order valence-electron chi connectivity index (χ3n) is 2.81. The lowest BCUT2D eigenvalue weighted by molar-refractivity contribution is 0.0687. The molecule has 0 unspecified atom stereocenters. The Kier molecular flexibility index (Phi) is 6.99. The van der Waals surface area contributed by atoms with Gasteiger partial charge in [-0.2, -0.15) is 0 Å². The number of alkyl halides is 2. The second-order valence-corrected chi connectivity index (χ2v) is 4.29. The van der Waals surface area contributed by atoms with Crippen LogP contribution >= 0.6 is 0 Å². The number of aromatic carboxylic acids is 1. The molecule has 6 heteroatoms. The number of halogens is 2. The average molecular weight is 324 g/mol. The summed E-state index contributed by atoms with van der Waals surface area (Å²) in [5.74, 6) is -2.48. The molecule has 2 N–H and O–H groups in total. The molecule has 2 aromatic carbocycles. The molecule has 0 amide bonds. The van der Waals surface area contributed by atoms with Gasteiger partial charge < -0.3 is 14.9 Å². The van der Waals surface area contributed by atoms with Gasteiger partial charge in [-0.3, -0.25) is 0 Å². The second-order valence-electron chi connectivity index (χ2n) is 4.29. The largest absolute Gasteiger partial charge is 0.507 e. The van der Waals surface area contributed by atoms with E-state index < -0.39 is 29.3 Å². The van der Waals surface area contributed by atoms with Crippen LogP contribution in [0, 0.1) is 0 Å². The molecular formula is C17H18F2O4. The van der Waals surface area contributed by atoms with Gasteiger partial charge in [0.25, 0.3) is 6.43 Å². The molecular weight excluding hydrogens is 306 g/mol. The van der Waals surface area contributed by atoms with Crippen LogP contribution in [0.15, 0.2) is 42.5 Å². The molecule has 0 aliphatic carbocycles. The number of carbonyl (C=O) groups is 1. The van der Waals surface area contributed by atoms with Crippen LogP contribution < -0.4 is 4.74 Å². The zero-order valence-electron chi connectivity index (χ0n) is 12.8. The highest BCUT2D eigenvalue weighted by molar-refractivity contribution is 5.94. The number of carboxylic acids is 1. The SMILES string of the molecule is CC.O=C(O)c1c(O)cc(C(F)F)cc1OCc1ccccc1. The van der Waals surface area contributed by atoms with Crippen molar-refractivity contribution in [3.8, 4) is 11.5 Å². The Hall–Kier alpha value is -2.63. The number of carboxylic acid groups (broad SMARTS) is 1. The molecule has 4 nitrogen and oxygen atoms in total. The van der Waals surface area contributed by atoms with Crippen molar-refractivity contribution in [2.75, 3.05) is 0 Å². The van der Waals surface area contributed by atoms with Gasteiger partial charge in [-0.1, -0.05) is 44.2 Å².